The van der Waals surface area contributed by atoms with Gasteiger partial charge >= 0.3 is 0 Å². The van der Waals surface area contributed by atoms with Crippen LogP contribution in [0.5, 0.6) is 0 Å². The second-order valence-electron chi connectivity index (χ2n) is 7.67. The Morgan fingerprint density at radius 1 is 1.16 bits per heavy atom. The number of hydrogen-bond acceptors (Lipinski definition) is 6. The topological polar surface area (TPSA) is 97.6 Å². The summed E-state index contributed by atoms with van der Waals surface area (Å²) in [6.07, 6.45) is 4.78. The van der Waals surface area contributed by atoms with Crippen LogP contribution in [0.1, 0.15) is 46.9 Å². The molecule has 0 saturated carbocycles. The number of nitrogens with zero attached hydrogens (tertiary/aromatic N) is 5. The van der Waals surface area contributed by atoms with Crippen LogP contribution < -0.4 is 10.6 Å². The van der Waals surface area contributed by atoms with Crippen molar-refractivity contribution in [3.8, 4) is 0 Å². The number of benzene rings is 1. The molecule has 1 atom stereocenters. The molecule has 0 aliphatic heterocycles. The van der Waals surface area contributed by atoms with Gasteiger partial charge in [-0.3, -0.25) is 9.48 Å². The minimum atomic E-state index is -0.582. The summed E-state index contributed by atoms with van der Waals surface area (Å²) in [7, 11) is 0. The maximum Gasteiger partial charge on any atom is 0.257 e. The molecule has 2 N–H and O–H groups in total. The molecular weight excluding hydrogens is 409 g/mol. The Kier molecular flexibility index (Phi) is 5.81. The normalized spacial score (nSPS) is 12.0. The summed E-state index contributed by atoms with van der Waals surface area (Å²) in [4.78, 5) is 25.2. The Labute approximate surface area is 184 Å². The highest BCUT2D eigenvalue weighted by Crippen LogP contribution is 2.25. The van der Waals surface area contributed by atoms with E-state index in [1.54, 1.807) is 17.8 Å². The van der Waals surface area contributed by atoms with Crippen LogP contribution in [0.2, 0.25) is 0 Å². The smallest absolute Gasteiger partial charge is 0.257 e. The molecular formula is C23H24FN7O. The van der Waals surface area contributed by atoms with Crippen LogP contribution in [-0.4, -0.2) is 30.6 Å². The predicted octanol–water partition coefficient (Wildman–Crippen LogP) is 4.42. The van der Waals surface area contributed by atoms with Crippen LogP contribution in [-0.2, 0) is 6.54 Å². The highest BCUT2D eigenvalue weighted by atomic mass is 19.1. The second kappa shape index (κ2) is 8.70. The van der Waals surface area contributed by atoms with E-state index in [9.17, 15) is 9.18 Å². The van der Waals surface area contributed by atoms with Gasteiger partial charge in [0.05, 0.1) is 24.0 Å². The van der Waals surface area contributed by atoms with Crippen LogP contribution in [0.4, 0.5) is 15.9 Å². The number of nitrogens with one attached hydrogen (secondary N) is 2. The van der Waals surface area contributed by atoms with Crippen molar-refractivity contribution in [2.75, 3.05) is 10.6 Å². The Hall–Kier alpha value is -3.88. The summed E-state index contributed by atoms with van der Waals surface area (Å²) in [6, 6.07) is 7.06. The predicted molar refractivity (Wildman–Crippen MR) is 121 cm³/mol. The minimum Gasteiger partial charge on any atom is -0.362 e. The van der Waals surface area contributed by atoms with Crippen LogP contribution in [0.15, 0.2) is 42.9 Å². The zero-order valence-corrected chi connectivity index (χ0v) is 18.3. The van der Waals surface area contributed by atoms with Crippen LogP contribution in [0.25, 0.3) is 11.2 Å². The summed E-state index contributed by atoms with van der Waals surface area (Å²) >= 11 is 0. The molecule has 8 nitrogen and oxygen atoms in total. The molecule has 9 heteroatoms. The molecule has 0 bridgehead atoms. The first-order valence-corrected chi connectivity index (χ1v) is 10.3. The average Bonchev–Trinajstić information content (AvgIpc) is 3.19. The monoisotopic (exact) mass is 433 g/mol. The Morgan fingerprint density at radius 2 is 1.97 bits per heavy atom. The largest absolute Gasteiger partial charge is 0.362 e. The van der Waals surface area contributed by atoms with E-state index in [-0.39, 0.29) is 11.9 Å². The SMILES string of the molecule is CCn1cc2ncc(N[C@@H](C)c3cc(NC(=O)c4cnc(F)c(C)c4)ccc3C)nc2n1. The lowest BCUT2D eigenvalue weighted by Crippen LogP contribution is -2.14. The van der Waals surface area contributed by atoms with Crippen molar-refractivity contribution in [3.05, 3.63) is 71.1 Å². The Balaban J connectivity index is 1.52. The van der Waals surface area contributed by atoms with E-state index in [0.717, 1.165) is 23.2 Å². The second-order valence-corrected chi connectivity index (χ2v) is 7.67. The zero-order valence-electron chi connectivity index (χ0n) is 18.3. The third-order valence-corrected chi connectivity index (χ3v) is 5.24. The number of aryl methyl sites for hydroxylation is 3. The summed E-state index contributed by atoms with van der Waals surface area (Å²) in [5.41, 5.74) is 4.65. The van der Waals surface area contributed by atoms with Crippen molar-refractivity contribution in [2.45, 2.75) is 40.3 Å². The lowest BCUT2D eigenvalue weighted by molar-refractivity contribution is 0.102. The van der Waals surface area contributed by atoms with Crippen molar-refractivity contribution < 1.29 is 9.18 Å². The first-order valence-electron chi connectivity index (χ1n) is 10.3. The highest BCUT2D eigenvalue weighted by molar-refractivity contribution is 6.04. The average molecular weight is 433 g/mol. The molecule has 0 fully saturated rings. The van der Waals surface area contributed by atoms with E-state index < -0.39 is 5.95 Å². The van der Waals surface area contributed by atoms with Gasteiger partial charge in [0, 0.05) is 24.0 Å². The number of hydrogen-bond donors (Lipinski definition) is 2. The van der Waals surface area contributed by atoms with E-state index in [1.807, 2.05) is 45.2 Å². The van der Waals surface area contributed by atoms with Crippen molar-refractivity contribution in [1.82, 2.24) is 24.7 Å². The van der Waals surface area contributed by atoms with E-state index in [4.69, 9.17) is 0 Å². The molecule has 1 aromatic carbocycles. The number of carbonyl (C=O) groups excluding carboxylic acids is 1. The molecule has 4 aromatic rings. The molecule has 0 spiro atoms. The summed E-state index contributed by atoms with van der Waals surface area (Å²) in [5.74, 6) is -0.311. The zero-order chi connectivity index (χ0) is 22.8. The molecule has 4 rings (SSSR count). The molecule has 3 heterocycles. The fraction of sp³-hybridized carbons (Fsp3) is 0.261. The molecule has 0 radical (unpaired) electrons. The first kappa shape index (κ1) is 21.4. The molecule has 0 aliphatic carbocycles. The maximum atomic E-state index is 13.4. The third-order valence-electron chi connectivity index (χ3n) is 5.24. The molecule has 3 aromatic heterocycles. The molecule has 164 valence electrons. The van der Waals surface area contributed by atoms with Gasteiger partial charge < -0.3 is 10.6 Å². The number of rotatable bonds is 6. The van der Waals surface area contributed by atoms with Crippen LogP contribution >= 0.6 is 0 Å². The fourth-order valence-electron chi connectivity index (χ4n) is 3.45. The standard InChI is InChI=1S/C23H24FN7O/c1-5-31-12-19-22(30-31)29-20(11-25-19)27-15(4)18-9-17(7-6-13(18)2)28-23(32)16-8-14(3)21(24)26-10-16/h6-12,15H,5H2,1-4H3,(H,28,32)(H,27,29,30)/t15-/m0/s1. The first-order chi connectivity index (χ1) is 15.3. The number of anilines is 2. The number of pyridine rings is 1. The number of aromatic nitrogens is 5. The molecule has 1 amide bonds. The number of fused-ring (bicyclic) bond motifs is 1. The van der Waals surface area contributed by atoms with E-state index in [2.05, 4.69) is 30.7 Å². The van der Waals surface area contributed by atoms with Crippen LogP contribution in [0.3, 0.4) is 0 Å². The molecule has 32 heavy (non-hydrogen) atoms. The van der Waals surface area contributed by atoms with E-state index in [1.165, 1.54) is 12.3 Å². The van der Waals surface area contributed by atoms with Gasteiger partial charge in [-0.25, -0.2) is 15.0 Å². The van der Waals surface area contributed by atoms with Gasteiger partial charge in [0.2, 0.25) is 11.6 Å². The molecule has 0 saturated heterocycles. The van der Waals surface area contributed by atoms with Gasteiger partial charge in [0.25, 0.3) is 5.91 Å². The lowest BCUT2D eigenvalue weighted by atomic mass is 10.0. The maximum absolute atomic E-state index is 13.4. The number of amides is 1. The summed E-state index contributed by atoms with van der Waals surface area (Å²) in [6.45, 7) is 8.35. The minimum absolute atomic E-state index is 0.0957. The third kappa shape index (κ3) is 4.41. The van der Waals surface area contributed by atoms with Gasteiger partial charge in [-0.2, -0.15) is 9.49 Å². The lowest BCUT2D eigenvalue weighted by Gasteiger charge is -2.18. The van der Waals surface area contributed by atoms with Gasteiger partial charge in [-0.05, 0) is 57.0 Å². The quantitative estimate of drug-likeness (QED) is 0.437. The van der Waals surface area contributed by atoms with Crippen molar-refractivity contribution in [3.63, 3.8) is 0 Å². The number of halogens is 1. The van der Waals surface area contributed by atoms with E-state index >= 15 is 0 Å². The Bertz CT molecular complexity index is 1300. The van der Waals surface area contributed by atoms with Crippen molar-refractivity contribution in [1.29, 1.82) is 0 Å². The van der Waals surface area contributed by atoms with Gasteiger partial charge in [0.15, 0.2) is 0 Å². The highest BCUT2D eigenvalue weighted by Gasteiger charge is 2.14. The summed E-state index contributed by atoms with van der Waals surface area (Å²) < 4.78 is 15.2. The summed E-state index contributed by atoms with van der Waals surface area (Å²) in [5, 5.41) is 10.6. The van der Waals surface area contributed by atoms with Gasteiger partial charge in [-0.1, -0.05) is 6.07 Å². The van der Waals surface area contributed by atoms with Crippen molar-refractivity contribution >= 4 is 28.6 Å². The molecule has 0 aliphatic rings. The number of carbonyl (C=O) groups is 1. The van der Waals surface area contributed by atoms with Gasteiger partial charge in [-0.15, -0.1) is 0 Å². The van der Waals surface area contributed by atoms with E-state index in [0.29, 0.717) is 28.3 Å². The van der Waals surface area contributed by atoms with Crippen LogP contribution in [0, 0.1) is 19.8 Å². The Morgan fingerprint density at radius 3 is 2.72 bits per heavy atom. The molecule has 0 unspecified atom stereocenters. The fourth-order valence-corrected chi connectivity index (χ4v) is 3.45. The van der Waals surface area contributed by atoms with Gasteiger partial charge in [0.1, 0.15) is 11.3 Å². The van der Waals surface area contributed by atoms with Crippen molar-refractivity contribution in [2.24, 2.45) is 0 Å².